The van der Waals surface area contributed by atoms with Crippen molar-refractivity contribution < 1.29 is 0 Å². The molecule has 0 N–H and O–H groups in total. The van der Waals surface area contributed by atoms with Crippen LogP contribution in [-0.4, -0.2) is 11.1 Å². The predicted octanol–water partition coefficient (Wildman–Crippen LogP) is 6.84. The van der Waals surface area contributed by atoms with E-state index in [2.05, 4.69) is 73.6 Å². The summed E-state index contributed by atoms with van der Waals surface area (Å²) < 4.78 is 2.33. The summed E-state index contributed by atoms with van der Waals surface area (Å²) in [6, 6.07) is 17.2. The first-order valence-corrected chi connectivity index (χ1v) is 10.1. The first-order chi connectivity index (χ1) is 12.1. The van der Waals surface area contributed by atoms with E-state index in [1.54, 1.807) is 0 Å². The highest BCUT2D eigenvalue weighted by molar-refractivity contribution is 8.02. The van der Waals surface area contributed by atoms with Crippen LogP contribution in [0.5, 0.6) is 0 Å². The van der Waals surface area contributed by atoms with Gasteiger partial charge >= 0.3 is 0 Å². The van der Waals surface area contributed by atoms with Crippen LogP contribution in [0.3, 0.4) is 0 Å². The average Bonchev–Trinajstić information content (AvgIpc) is 2.63. The van der Waals surface area contributed by atoms with Crippen molar-refractivity contribution in [3.05, 3.63) is 59.7 Å². The van der Waals surface area contributed by atoms with Gasteiger partial charge in [0.05, 0.1) is 11.4 Å². The lowest BCUT2D eigenvalue weighted by atomic mass is 10.0. The van der Waals surface area contributed by atoms with Crippen LogP contribution in [0, 0.1) is 13.8 Å². The van der Waals surface area contributed by atoms with Gasteiger partial charge in [-0.3, -0.25) is 4.31 Å². The molecule has 1 saturated carbocycles. The highest BCUT2D eigenvalue weighted by Crippen LogP contribution is 2.34. The number of aliphatic imine (C=N–C) groups is 1. The van der Waals surface area contributed by atoms with E-state index in [-0.39, 0.29) is 0 Å². The minimum Gasteiger partial charge on any atom is -0.272 e. The van der Waals surface area contributed by atoms with Gasteiger partial charge in [-0.05, 0) is 69.8 Å². The summed E-state index contributed by atoms with van der Waals surface area (Å²) in [7, 11) is 0. The van der Waals surface area contributed by atoms with Crippen LogP contribution in [0.25, 0.3) is 0 Å². The van der Waals surface area contributed by atoms with Crippen molar-refractivity contribution in [2.75, 3.05) is 4.31 Å². The van der Waals surface area contributed by atoms with Crippen molar-refractivity contribution in [3.63, 3.8) is 0 Å². The van der Waals surface area contributed by atoms with Crippen LogP contribution in [0.2, 0.25) is 0 Å². The molecule has 2 aromatic carbocycles. The fourth-order valence-electron chi connectivity index (χ4n) is 3.18. The molecule has 3 heteroatoms. The van der Waals surface area contributed by atoms with Crippen molar-refractivity contribution in [2.24, 2.45) is 4.99 Å². The Morgan fingerprint density at radius 3 is 2.04 bits per heavy atom. The second-order valence-electron chi connectivity index (χ2n) is 6.99. The van der Waals surface area contributed by atoms with Gasteiger partial charge in [0.15, 0.2) is 0 Å². The molecule has 0 amide bonds. The van der Waals surface area contributed by atoms with E-state index >= 15 is 0 Å². The molecule has 1 aliphatic carbocycles. The summed E-state index contributed by atoms with van der Waals surface area (Å²) in [6.07, 6.45) is 6.72. The van der Waals surface area contributed by atoms with E-state index in [1.807, 2.05) is 11.9 Å². The zero-order valence-electron chi connectivity index (χ0n) is 15.5. The van der Waals surface area contributed by atoms with Gasteiger partial charge in [0, 0.05) is 5.25 Å². The van der Waals surface area contributed by atoms with Gasteiger partial charge in [0.25, 0.3) is 0 Å². The molecule has 0 saturated heterocycles. The Morgan fingerprint density at radius 2 is 1.44 bits per heavy atom. The van der Waals surface area contributed by atoms with Gasteiger partial charge in [-0.2, -0.15) is 0 Å². The standard InChI is InChI=1S/C22H28N2S/c1-17-9-13-20(14-10-17)23-19(3)24(21-15-11-18(2)12-16-21)25-22-7-5-4-6-8-22/h9-16,22H,4-8H2,1-3H3/b23-19+. The second kappa shape index (κ2) is 8.57. The molecule has 0 aromatic heterocycles. The number of nitrogens with zero attached hydrogens (tertiary/aromatic N) is 2. The Balaban J connectivity index is 1.85. The highest BCUT2D eigenvalue weighted by Gasteiger charge is 2.20. The Morgan fingerprint density at radius 1 is 0.880 bits per heavy atom. The highest BCUT2D eigenvalue weighted by atomic mass is 32.2. The minimum absolute atomic E-state index is 0.693. The lowest BCUT2D eigenvalue weighted by Gasteiger charge is -2.30. The van der Waals surface area contributed by atoms with Gasteiger partial charge in [0.1, 0.15) is 5.84 Å². The van der Waals surface area contributed by atoms with Crippen LogP contribution >= 0.6 is 11.9 Å². The topological polar surface area (TPSA) is 15.6 Å². The third kappa shape index (κ3) is 5.12. The molecule has 0 heterocycles. The van der Waals surface area contributed by atoms with Crippen LogP contribution in [0.15, 0.2) is 53.5 Å². The summed E-state index contributed by atoms with van der Waals surface area (Å²) in [5.74, 6) is 1.04. The zero-order chi connectivity index (χ0) is 17.6. The van der Waals surface area contributed by atoms with E-state index in [4.69, 9.17) is 4.99 Å². The van der Waals surface area contributed by atoms with Gasteiger partial charge < -0.3 is 0 Å². The Labute approximate surface area is 156 Å². The summed E-state index contributed by atoms with van der Waals surface area (Å²) in [5.41, 5.74) is 4.79. The molecule has 1 aliphatic rings. The van der Waals surface area contributed by atoms with Crippen LogP contribution < -0.4 is 4.31 Å². The molecular formula is C22H28N2S. The number of hydrogen-bond acceptors (Lipinski definition) is 2. The van der Waals surface area contributed by atoms with Crippen molar-refractivity contribution in [1.82, 2.24) is 0 Å². The van der Waals surface area contributed by atoms with Gasteiger partial charge in [0.2, 0.25) is 0 Å². The number of anilines is 1. The summed E-state index contributed by atoms with van der Waals surface area (Å²) in [6.45, 7) is 6.36. The molecule has 132 valence electrons. The van der Waals surface area contributed by atoms with Crippen LogP contribution in [0.4, 0.5) is 11.4 Å². The number of aryl methyl sites for hydroxylation is 2. The van der Waals surface area contributed by atoms with E-state index in [0.717, 1.165) is 11.5 Å². The molecule has 1 fully saturated rings. The third-order valence-corrected chi connectivity index (χ3v) is 6.15. The predicted molar refractivity (Wildman–Crippen MR) is 112 cm³/mol. The number of rotatable bonds is 4. The molecule has 0 unspecified atom stereocenters. The molecule has 2 nitrogen and oxygen atoms in total. The normalized spacial score (nSPS) is 16.0. The number of benzene rings is 2. The van der Waals surface area contributed by atoms with Crippen molar-refractivity contribution in [2.45, 2.75) is 58.1 Å². The number of hydrogen-bond donors (Lipinski definition) is 0. The van der Waals surface area contributed by atoms with Crippen molar-refractivity contribution >= 4 is 29.2 Å². The van der Waals surface area contributed by atoms with E-state index in [9.17, 15) is 0 Å². The number of amidine groups is 1. The van der Waals surface area contributed by atoms with Crippen LogP contribution in [-0.2, 0) is 0 Å². The summed E-state index contributed by atoms with van der Waals surface area (Å²) in [4.78, 5) is 4.89. The molecule has 2 aromatic rings. The molecular weight excluding hydrogens is 324 g/mol. The van der Waals surface area contributed by atoms with Gasteiger partial charge in [-0.1, -0.05) is 54.7 Å². The monoisotopic (exact) mass is 352 g/mol. The third-order valence-electron chi connectivity index (χ3n) is 4.69. The fourth-order valence-corrected chi connectivity index (χ4v) is 4.45. The maximum atomic E-state index is 4.89. The van der Waals surface area contributed by atoms with Gasteiger partial charge in [-0.25, -0.2) is 4.99 Å². The van der Waals surface area contributed by atoms with E-state index < -0.39 is 0 Å². The van der Waals surface area contributed by atoms with Gasteiger partial charge in [-0.15, -0.1) is 0 Å². The molecule has 0 bridgehead atoms. The summed E-state index contributed by atoms with van der Waals surface area (Å²) >= 11 is 1.96. The lowest BCUT2D eigenvalue weighted by Crippen LogP contribution is -2.25. The molecule has 25 heavy (non-hydrogen) atoms. The maximum Gasteiger partial charge on any atom is 0.116 e. The molecule has 0 spiro atoms. The second-order valence-corrected chi connectivity index (χ2v) is 8.23. The van der Waals surface area contributed by atoms with E-state index in [0.29, 0.717) is 5.25 Å². The largest absolute Gasteiger partial charge is 0.272 e. The maximum absolute atomic E-state index is 4.89. The molecule has 3 rings (SSSR count). The fraction of sp³-hybridized carbons (Fsp3) is 0.409. The lowest BCUT2D eigenvalue weighted by molar-refractivity contribution is 0.516. The Kier molecular flexibility index (Phi) is 6.19. The molecule has 0 aliphatic heterocycles. The molecule has 0 atom stereocenters. The van der Waals surface area contributed by atoms with Crippen molar-refractivity contribution in [1.29, 1.82) is 0 Å². The molecule has 0 radical (unpaired) electrons. The summed E-state index contributed by atoms with van der Waals surface area (Å²) in [5, 5.41) is 0.693. The quantitative estimate of drug-likeness (QED) is 0.340. The first-order valence-electron chi connectivity index (χ1n) is 9.27. The smallest absolute Gasteiger partial charge is 0.116 e. The SMILES string of the molecule is C/C(=N\c1ccc(C)cc1)N(SC1CCCCC1)c1ccc(C)cc1. The Hall–Kier alpha value is -1.74. The van der Waals surface area contributed by atoms with E-state index in [1.165, 1.54) is 48.9 Å². The average molecular weight is 353 g/mol. The minimum atomic E-state index is 0.693. The van der Waals surface area contributed by atoms with Crippen molar-refractivity contribution in [3.8, 4) is 0 Å². The first kappa shape index (κ1) is 18.1. The zero-order valence-corrected chi connectivity index (χ0v) is 16.4. The van der Waals surface area contributed by atoms with Crippen LogP contribution in [0.1, 0.15) is 50.2 Å². The Bertz CT molecular complexity index is 698.